The summed E-state index contributed by atoms with van der Waals surface area (Å²) in [5.74, 6) is -2.23. The molecule has 0 aromatic heterocycles. The molecule has 5 heteroatoms. The first-order valence-electron chi connectivity index (χ1n) is 5.40. The number of hydrogen-bond donors (Lipinski definition) is 0. The lowest BCUT2D eigenvalue weighted by atomic mass is 10.0. The Hall–Kier alpha value is -1.45. The molecule has 0 radical (unpaired) electrons. The molecule has 0 spiro atoms. The Kier molecular flexibility index (Phi) is 4.17. The van der Waals surface area contributed by atoms with Gasteiger partial charge in [0.05, 0.1) is 10.6 Å². The Morgan fingerprint density at radius 3 is 2.37 bits per heavy atom. The van der Waals surface area contributed by atoms with Gasteiger partial charge < -0.3 is 0 Å². The summed E-state index contributed by atoms with van der Waals surface area (Å²) in [6, 6.07) is 8.31. The smallest absolute Gasteiger partial charge is 0.170 e. The van der Waals surface area contributed by atoms with Crippen LogP contribution >= 0.6 is 23.2 Å². The van der Waals surface area contributed by atoms with Gasteiger partial charge in [0.1, 0.15) is 11.6 Å². The summed E-state index contributed by atoms with van der Waals surface area (Å²) in [5, 5.41) is 0.0532. The molecule has 0 unspecified atom stereocenters. The van der Waals surface area contributed by atoms with E-state index in [-0.39, 0.29) is 17.0 Å². The van der Waals surface area contributed by atoms with Crippen LogP contribution in [0.1, 0.15) is 15.9 Å². The second-order valence-electron chi connectivity index (χ2n) is 3.94. The predicted octanol–water partition coefficient (Wildman–Crippen LogP) is 4.70. The maximum Gasteiger partial charge on any atom is 0.170 e. The third-order valence-electron chi connectivity index (χ3n) is 2.62. The van der Waals surface area contributed by atoms with Crippen LogP contribution in [-0.2, 0) is 6.42 Å². The van der Waals surface area contributed by atoms with Crippen molar-refractivity contribution in [3.05, 3.63) is 69.2 Å². The molecule has 0 N–H and O–H groups in total. The van der Waals surface area contributed by atoms with E-state index in [9.17, 15) is 13.6 Å². The lowest BCUT2D eigenvalue weighted by Gasteiger charge is -2.06. The van der Waals surface area contributed by atoms with Gasteiger partial charge in [-0.25, -0.2) is 8.78 Å². The predicted molar refractivity (Wildman–Crippen MR) is 70.9 cm³/mol. The number of halogens is 4. The summed E-state index contributed by atoms with van der Waals surface area (Å²) in [7, 11) is 0. The molecule has 0 saturated heterocycles. The van der Waals surface area contributed by atoms with Gasteiger partial charge in [-0.2, -0.15) is 0 Å². The fourth-order valence-electron chi connectivity index (χ4n) is 1.65. The normalized spacial score (nSPS) is 10.5. The van der Waals surface area contributed by atoms with E-state index in [4.69, 9.17) is 23.2 Å². The zero-order valence-electron chi connectivity index (χ0n) is 9.59. The van der Waals surface area contributed by atoms with Gasteiger partial charge in [-0.1, -0.05) is 41.4 Å². The van der Waals surface area contributed by atoms with Gasteiger partial charge in [-0.15, -0.1) is 0 Å². The van der Waals surface area contributed by atoms with Gasteiger partial charge in [0.2, 0.25) is 0 Å². The monoisotopic (exact) mass is 300 g/mol. The SMILES string of the molecule is O=C(Cc1ccccc1Cl)c1cc(F)c(Cl)cc1F. The van der Waals surface area contributed by atoms with E-state index in [0.717, 1.165) is 12.1 Å². The summed E-state index contributed by atoms with van der Waals surface area (Å²) in [5.41, 5.74) is 0.228. The third kappa shape index (κ3) is 3.11. The average Bonchev–Trinajstić information content (AvgIpc) is 2.36. The molecular formula is C14H8Cl2F2O. The maximum atomic E-state index is 13.6. The minimum Gasteiger partial charge on any atom is -0.294 e. The molecule has 0 aliphatic carbocycles. The number of carbonyl (C=O) groups is 1. The number of benzene rings is 2. The molecular weight excluding hydrogens is 293 g/mol. The largest absolute Gasteiger partial charge is 0.294 e. The molecule has 0 amide bonds. The van der Waals surface area contributed by atoms with Crippen LogP contribution < -0.4 is 0 Å². The highest BCUT2D eigenvalue weighted by Gasteiger charge is 2.16. The number of carbonyl (C=O) groups excluding carboxylic acids is 1. The van der Waals surface area contributed by atoms with E-state index in [2.05, 4.69) is 0 Å². The first-order valence-corrected chi connectivity index (χ1v) is 6.16. The van der Waals surface area contributed by atoms with Crippen molar-refractivity contribution in [3.8, 4) is 0 Å². The molecule has 19 heavy (non-hydrogen) atoms. The molecule has 1 nitrogen and oxygen atoms in total. The molecule has 2 aromatic carbocycles. The van der Waals surface area contributed by atoms with Crippen LogP contribution in [0.2, 0.25) is 10.0 Å². The fraction of sp³-hybridized carbons (Fsp3) is 0.0714. The van der Waals surface area contributed by atoms with Gasteiger partial charge in [0.15, 0.2) is 5.78 Å². The van der Waals surface area contributed by atoms with Crippen molar-refractivity contribution in [1.29, 1.82) is 0 Å². The van der Waals surface area contributed by atoms with E-state index in [1.165, 1.54) is 0 Å². The van der Waals surface area contributed by atoms with Crippen LogP contribution in [0.3, 0.4) is 0 Å². The molecule has 0 heterocycles. The second kappa shape index (κ2) is 5.68. The molecule has 98 valence electrons. The maximum absolute atomic E-state index is 13.6. The topological polar surface area (TPSA) is 17.1 Å². The number of hydrogen-bond acceptors (Lipinski definition) is 1. The van der Waals surface area contributed by atoms with Crippen LogP contribution in [0.5, 0.6) is 0 Å². The zero-order valence-corrected chi connectivity index (χ0v) is 11.1. The highest BCUT2D eigenvalue weighted by atomic mass is 35.5. The molecule has 0 aliphatic rings. The van der Waals surface area contributed by atoms with Crippen LogP contribution in [0.25, 0.3) is 0 Å². The Balaban J connectivity index is 2.31. The first-order chi connectivity index (χ1) is 8.99. The Labute approximate surface area is 118 Å². The minimum absolute atomic E-state index is 0.0995. The summed E-state index contributed by atoms with van der Waals surface area (Å²) in [6.07, 6.45) is -0.0995. The number of ketones is 1. The van der Waals surface area contributed by atoms with E-state index >= 15 is 0 Å². The van der Waals surface area contributed by atoms with Crippen molar-refractivity contribution < 1.29 is 13.6 Å². The highest BCUT2D eigenvalue weighted by Crippen LogP contribution is 2.22. The van der Waals surface area contributed by atoms with E-state index < -0.39 is 17.4 Å². The molecule has 0 saturated carbocycles. The van der Waals surface area contributed by atoms with Crippen LogP contribution in [-0.4, -0.2) is 5.78 Å². The van der Waals surface area contributed by atoms with Gasteiger partial charge in [0, 0.05) is 11.4 Å². The number of Topliss-reactive ketones (excluding diaryl/α,β-unsaturated/α-hetero) is 1. The quantitative estimate of drug-likeness (QED) is 0.593. The summed E-state index contributed by atoms with van der Waals surface area (Å²) in [4.78, 5) is 11.9. The van der Waals surface area contributed by atoms with Crippen molar-refractivity contribution in [2.45, 2.75) is 6.42 Å². The van der Waals surface area contributed by atoms with Crippen molar-refractivity contribution in [2.24, 2.45) is 0 Å². The summed E-state index contributed by atoms with van der Waals surface area (Å²) < 4.78 is 26.8. The molecule has 0 fully saturated rings. The molecule has 2 aromatic rings. The zero-order chi connectivity index (χ0) is 14.0. The second-order valence-corrected chi connectivity index (χ2v) is 4.75. The Bertz CT molecular complexity index is 641. The van der Waals surface area contributed by atoms with Crippen LogP contribution in [0, 0.1) is 11.6 Å². The van der Waals surface area contributed by atoms with Crippen molar-refractivity contribution in [2.75, 3.05) is 0 Å². The van der Waals surface area contributed by atoms with Gasteiger partial charge in [-0.05, 0) is 23.8 Å². The lowest BCUT2D eigenvalue weighted by Crippen LogP contribution is -2.07. The van der Waals surface area contributed by atoms with E-state index in [0.29, 0.717) is 10.6 Å². The third-order valence-corrected chi connectivity index (χ3v) is 3.28. The van der Waals surface area contributed by atoms with Crippen LogP contribution in [0.15, 0.2) is 36.4 Å². The standard InChI is InChI=1S/C14H8Cl2F2O/c15-10-4-2-1-3-8(10)5-14(19)9-6-13(18)11(16)7-12(9)17/h1-4,6-7H,5H2. The molecule has 0 bridgehead atoms. The van der Waals surface area contributed by atoms with Crippen molar-refractivity contribution >= 4 is 29.0 Å². The fourth-order valence-corrected chi connectivity index (χ4v) is 2.00. The van der Waals surface area contributed by atoms with E-state index in [1.807, 2.05) is 0 Å². The summed E-state index contributed by atoms with van der Waals surface area (Å²) >= 11 is 11.3. The van der Waals surface area contributed by atoms with Crippen molar-refractivity contribution in [3.63, 3.8) is 0 Å². The van der Waals surface area contributed by atoms with E-state index in [1.54, 1.807) is 24.3 Å². The first kappa shape index (κ1) is 14.0. The lowest BCUT2D eigenvalue weighted by molar-refractivity contribution is 0.0988. The molecule has 0 aliphatic heterocycles. The Morgan fingerprint density at radius 2 is 1.68 bits per heavy atom. The summed E-state index contributed by atoms with van der Waals surface area (Å²) in [6.45, 7) is 0. The van der Waals surface area contributed by atoms with Gasteiger partial charge in [-0.3, -0.25) is 4.79 Å². The average molecular weight is 301 g/mol. The minimum atomic E-state index is -0.844. The molecule has 2 rings (SSSR count). The Morgan fingerprint density at radius 1 is 1.00 bits per heavy atom. The van der Waals surface area contributed by atoms with Gasteiger partial charge >= 0.3 is 0 Å². The number of rotatable bonds is 3. The van der Waals surface area contributed by atoms with Crippen molar-refractivity contribution in [1.82, 2.24) is 0 Å². The van der Waals surface area contributed by atoms with Gasteiger partial charge in [0.25, 0.3) is 0 Å². The molecule has 0 atom stereocenters. The highest BCUT2D eigenvalue weighted by molar-refractivity contribution is 6.31. The van der Waals surface area contributed by atoms with Crippen LogP contribution in [0.4, 0.5) is 8.78 Å².